The first-order valence-electron chi connectivity index (χ1n) is 5.93. The third-order valence-electron chi connectivity index (χ3n) is 2.73. The minimum absolute atomic E-state index is 0.151. The van der Waals surface area contributed by atoms with Crippen molar-refractivity contribution in [2.24, 2.45) is 0 Å². The van der Waals surface area contributed by atoms with Gasteiger partial charge in [0.2, 0.25) is 0 Å². The van der Waals surface area contributed by atoms with E-state index in [9.17, 15) is 23.1 Å². The van der Waals surface area contributed by atoms with Crippen molar-refractivity contribution >= 4 is 15.7 Å². The highest BCUT2D eigenvalue weighted by Gasteiger charge is 2.20. The van der Waals surface area contributed by atoms with Crippen LogP contribution in [-0.4, -0.2) is 23.5 Å². The summed E-state index contributed by atoms with van der Waals surface area (Å²) in [5.74, 6) is 0. The second-order valence-corrected chi connectivity index (χ2v) is 5.96. The van der Waals surface area contributed by atoms with Crippen LogP contribution in [0.2, 0.25) is 0 Å². The summed E-state index contributed by atoms with van der Waals surface area (Å²) in [4.78, 5) is 25.8. The number of anilines is 1. The maximum atomic E-state index is 12.2. The number of nitrogens with one attached hydrogen (secondary N) is 3. The Bertz CT molecular complexity index is 867. The van der Waals surface area contributed by atoms with Gasteiger partial charge in [0.15, 0.2) is 4.90 Å². The van der Waals surface area contributed by atoms with Gasteiger partial charge in [0.25, 0.3) is 15.6 Å². The van der Waals surface area contributed by atoms with E-state index in [0.29, 0.717) is 5.56 Å². The molecule has 0 saturated carbocycles. The summed E-state index contributed by atoms with van der Waals surface area (Å²) in [6.07, 6.45) is -0.0770. The summed E-state index contributed by atoms with van der Waals surface area (Å²) in [5, 5.41) is 9.61. The van der Waals surface area contributed by atoms with Crippen molar-refractivity contribution in [1.29, 1.82) is 0 Å². The lowest BCUT2D eigenvalue weighted by molar-refractivity contribution is 0.200. The van der Waals surface area contributed by atoms with Crippen molar-refractivity contribution in [3.63, 3.8) is 0 Å². The number of aliphatic hydroxyl groups excluding tert-OH is 1. The molecule has 0 radical (unpaired) electrons. The number of aromatic amines is 2. The van der Waals surface area contributed by atoms with E-state index < -0.39 is 32.3 Å². The first-order valence-corrected chi connectivity index (χ1v) is 7.41. The van der Waals surface area contributed by atoms with E-state index >= 15 is 0 Å². The molecule has 0 saturated heterocycles. The number of aromatic nitrogens is 2. The summed E-state index contributed by atoms with van der Waals surface area (Å²) in [5.41, 5.74) is -1.32. The summed E-state index contributed by atoms with van der Waals surface area (Å²) in [6, 6.07) is 6.24. The first kappa shape index (κ1) is 15.0. The molecule has 21 heavy (non-hydrogen) atoms. The second kappa shape index (κ2) is 5.54. The quantitative estimate of drug-likeness (QED) is 0.627. The maximum Gasteiger partial charge on any atom is 0.325 e. The van der Waals surface area contributed by atoms with Gasteiger partial charge in [0.1, 0.15) is 0 Å². The molecule has 4 N–H and O–H groups in total. The molecule has 9 heteroatoms. The molecule has 0 aliphatic rings. The van der Waals surface area contributed by atoms with E-state index in [4.69, 9.17) is 0 Å². The zero-order chi connectivity index (χ0) is 15.6. The Hall–Kier alpha value is -2.39. The van der Waals surface area contributed by atoms with Gasteiger partial charge < -0.3 is 10.1 Å². The molecule has 0 bridgehead atoms. The SMILES string of the molecule is CC(O)c1ccccc1NS(=O)(=O)c1c[nH]c(=O)[nH]c1=O. The van der Waals surface area contributed by atoms with Crippen LogP contribution in [0.4, 0.5) is 5.69 Å². The molecule has 8 nitrogen and oxygen atoms in total. The van der Waals surface area contributed by atoms with Gasteiger partial charge in [0, 0.05) is 11.8 Å². The number of hydrogen-bond donors (Lipinski definition) is 4. The monoisotopic (exact) mass is 311 g/mol. The Kier molecular flexibility index (Phi) is 3.96. The average molecular weight is 311 g/mol. The third kappa shape index (κ3) is 3.20. The van der Waals surface area contributed by atoms with Gasteiger partial charge in [0.05, 0.1) is 11.8 Å². The van der Waals surface area contributed by atoms with Gasteiger partial charge in [-0.3, -0.25) is 14.5 Å². The highest BCUT2D eigenvalue weighted by molar-refractivity contribution is 7.92. The Labute approximate surface area is 119 Å². The van der Waals surface area contributed by atoms with Crippen molar-refractivity contribution in [3.05, 3.63) is 56.9 Å². The van der Waals surface area contributed by atoms with Crippen LogP contribution in [0.5, 0.6) is 0 Å². The molecule has 0 aliphatic carbocycles. The zero-order valence-corrected chi connectivity index (χ0v) is 11.8. The molecule has 112 valence electrons. The molecular formula is C12H13N3O5S. The number of hydrogen-bond acceptors (Lipinski definition) is 5. The van der Waals surface area contributed by atoms with E-state index in [1.54, 1.807) is 18.2 Å². The predicted octanol–water partition coefficient (Wildman–Crippen LogP) is -0.0827. The summed E-state index contributed by atoms with van der Waals surface area (Å²) < 4.78 is 26.6. The minimum Gasteiger partial charge on any atom is -0.389 e. The number of sulfonamides is 1. The predicted molar refractivity (Wildman–Crippen MR) is 75.6 cm³/mol. The van der Waals surface area contributed by atoms with Crippen molar-refractivity contribution in [2.75, 3.05) is 4.72 Å². The second-order valence-electron chi connectivity index (χ2n) is 4.30. The molecule has 2 rings (SSSR count). The molecule has 2 aromatic rings. The smallest absolute Gasteiger partial charge is 0.325 e. The molecule has 1 aromatic carbocycles. The van der Waals surface area contributed by atoms with Crippen LogP contribution < -0.4 is 16.0 Å². The molecule has 1 atom stereocenters. The van der Waals surface area contributed by atoms with Gasteiger partial charge >= 0.3 is 5.69 Å². The molecule has 1 unspecified atom stereocenters. The van der Waals surface area contributed by atoms with Crippen molar-refractivity contribution in [3.8, 4) is 0 Å². The van der Waals surface area contributed by atoms with Gasteiger partial charge in [-0.15, -0.1) is 0 Å². The summed E-state index contributed by atoms with van der Waals surface area (Å²) in [6.45, 7) is 1.49. The number of benzene rings is 1. The molecule has 0 spiro atoms. The fraction of sp³-hybridized carbons (Fsp3) is 0.167. The fourth-order valence-corrected chi connectivity index (χ4v) is 2.85. The van der Waals surface area contributed by atoms with Crippen LogP contribution >= 0.6 is 0 Å². The van der Waals surface area contributed by atoms with Crippen LogP contribution in [0.25, 0.3) is 0 Å². The Morgan fingerprint density at radius 1 is 1.24 bits per heavy atom. The molecule has 1 aromatic heterocycles. The van der Waals surface area contributed by atoms with Crippen LogP contribution in [0.1, 0.15) is 18.6 Å². The van der Waals surface area contributed by atoms with E-state index in [1.165, 1.54) is 13.0 Å². The highest BCUT2D eigenvalue weighted by Crippen LogP contribution is 2.24. The van der Waals surface area contributed by atoms with Gasteiger partial charge in [-0.1, -0.05) is 18.2 Å². The topological polar surface area (TPSA) is 132 Å². The molecule has 0 fully saturated rings. The highest BCUT2D eigenvalue weighted by atomic mass is 32.2. The van der Waals surface area contributed by atoms with E-state index in [2.05, 4.69) is 9.71 Å². The van der Waals surface area contributed by atoms with Gasteiger partial charge in [-0.05, 0) is 13.0 Å². The Balaban J connectivity index is 2.48. The zero-order valence-electron chi connectivity index (χ0n) is 11.0. The number of H-pyrrole nitrogens is 2. The van der Waals surface area contributed by atoms with Gasteiger partial charge in [-0.2, -0.15) is 0 Å². The molecule has 0 aliphatic heterocycles. The lowest BCUT2D eigenvalue weighted by atomic mass is 10.1. The van der Waals surface area contributed by atoms with Crippen molar-refractivity contribution < 1.29 is 13.5 Å². The number of para-hydroxylation sites is 1. The Morgan fingerprint density at radius 2 is 1.90 bits per heavy atom. The summed E-state index contributed by atoms with van der Waals surface area (Å²) in [7, 11) is -4.19. The van der Waals surface area contributed by atoms with E-state index in [-0.39, 0.29) is 5.69 Å². The summed E-state index contributed by atoms with van der Waals surface area (Å²) >= 11 is 0. The number of aliphatic hydroxyl groups is 1. The van der Waals surface area contributed by atoms with Crippen LogP contribution in [-0.2, 0) is 10.0 Å². The number of rotatable bonds is 4. The lowest BCUT2D eigenvalue weighted by Crippen LogP contribution is -2.29. The van der Waals surface area contributed by atoms with Crippen molar-refractivity contribution in [1.82, 2.24) is 9.97 Å². The van der Waals surface area contributed by atoms with E-state index in [0.717, 1.165) is 6.20 Å². The van der Waals surface area contributed by atoms with Crippen LogP contribution in [0.3, 0.4) is 0 Å². The molecule has 0 amide bonds. The van der Waals surface area contributed by atoms with Crippen LogP contribution in [0.15, 0.2) is 44.9 Å². The lowest BCUT2D eigenvalue weighted by Gasteiger charge is -2.13. The normalized spacial score (nSPS) is 12.9. The fourth-order valence-electron chi connectivity index (χ4n) is 1.75. The first-order chi connectivity index (χ1) is 9.81. The molecule has 1 heterocycles. The van der Waals surface area contributed by atoms with Crippen LogP contribution in [0, 0.1) is 0 Å². The third-order valence-corrected chi connectivity index (χ3v) is 4.10. The van der Waals surface area contributed by atoms with Crippen molar-refractivity contribution in [2.45, 2.75) is 17.9 Å². The molecular weight excluding hydrogens is 298 g/mol. The average Bonchev–Trinajstić information content (AvgIpc) is 2.37. The minimum atomic E-state index is -4.19. The largest absolute Gasteiger partial charge is 0.389 e. The standard InChI is InChI=1S/C12H13N3O5S/c1-7(16)8-4-2-3-5-9(8)15-21(19,20)10-6-13-12(18)14-11(10)17/h2-7,15-16H,1H3,(H2,13,14,17,18). The Morgan fingerprint density at radius 3 is 2.52 bits per heavy atom. The van der Waals surface area contributed by atoms with Gasteiger partial charge in [-0.25, -0.2) is 13.2 Å². The van der Waals surface area contributed by atoms with E-state index in [1.807, 2.05) is 4.98 Å². The maximum absolute atomic E-state index is 12.2.